The molecule has 0 spiro atoms. The van der Waals surface area contributed by atoms with E-state index in [2.05, 4.69) is 9.73 Å². The van der Waals surface area contributed by atoms with Crippen molar-refractivity contribution in [2.45, 2.75) is 58.1 Å². The van der Waals surface area contributed by atoms with E-state index < -0.39 is 23.8 Å². The van der Waals surface area contributed by atoms with Crippen molar-refractivity contribution in [2.24, 2.45) is 10.9 Å². The number of aliphatic hydroxyl groups is 1. The van der Waals surface area contributed by atoms with E-state index in [1.807, 2.05) is 33.8 Å². The quantitative estimate of drug-likeness (QED) is 0.203. The van der Waals surface area contributed by atoms with Crippen LogP contribution in [0.3, 0.4) is 0 Å². The van der Waals surface area contributed by atoms with Gasteiger partial charge in [0.05, 0.1) is 23.8 Å². The molecular weight excluding hydrogens is 491 g/mol. The number of aryl methyl sites for hydroxylation is 1. The zero-order chi connectivity index (χ0) is 26.9. The molecular formula is C27H34F3NO4S. The molecule has 0 saturated carbocycles. The summed E-state index contributed by atoms with van der Waals surface area (Å²) < 4.78 is 48.9. The molecule has 2 aromatic carbocycles. The van der Waals surface area contributed by atoms with Gasteiger partial charge in [-0.05, 0) is 61.1 Å². The predicted octanol–water partition coefficient (Wildman–Crippen LogP) is 6.60. The number of benzene rings is 2. The number of alkyl halides is 3. The first-order chi connectivity index (χ1) is 16.9. The normalized spacial score (nSPS) is 14.0. The highest BCUT2D eigenvalue weighted by molar-refractivity contribution is 8.14. The number of esters is 1. The summed E-state index contributed by atoms with van der Waals surface area (Å²) in [6.07, 6.45) is -3.90. The van der Waals surface area contributed by atoms with Crippen LogP contribution in [-0.2, 0) is 15.7 Å². The van der Waals surface area contributed by atoms with E-state index in [0.29, 0.717) is 41.7 Å². The molecule has 0 bridgehead atoms. The van der Waals surface area contributed by atoms with Gasteiger partial charge in [0.25, 0.3) is 0 Å². The third-order valence-electron chi connectivity index (χ3n) is 5.38. The van der Waals surface area contributed by atoms with Crippen molar-refractivity contribution in [2.75, 3.05) is 20.3 Å². The first-order valence-electron chi connectivity index (χ1n) is 11.8. The van der Waals surface area contributed by atoms with Crippen molar-refractivity contribution in [3.63, 3.8) is 0 Å². The second-order valence-electron chi connectivity index (χ2n) is 9.03. The summed E-state index contributed by atoms with van der Waals surface area (Å²) in [4.78, 5) is 15.9. The Morgan fingerprint density at radius 2 is 1.75 bits per heavy atom. The fourth-order valence-electron chi connectivity index (χ4n) is 3.31. The van der Waals surface area contributed by atoms with E-state index in [9.17, 15) is 23.1 Å². The molecule has 2 aromatic rings. The number of thioether (sulfide) groups is 1. The van der Waals surface area contributed by atoms with Crippen LogP contribution in [0.5, 0.6) is 5.75 Å². The number of aliphatic hydroxyl groups excluding tert-OH is 1. The Kier molecular flexibility index (Phi) is 11.3. The number of rotatable bonds is 11. The molecule has 36 heavy (non-hydrogen) atoms. The van der Waals surface area contributed by atoms with Crippen LogP contribution >= 0.6 is 11.8 Å². The Bertz CT molecular complexity index is 1020. The minimum Gasteiger partial charge on any atom is -0.482 e. The van der Waals surface area contributed by atoms with Gasteiger partial charge < -0.3 is 14.6 Å². The van der Waals surface area contributed by atoms with E-state index in [0.717, 1.165) is 23.3 Å². The maximum atomic E-state index is 12.9. The maximum absolute atomic E-state index is 12.9. The van der Waals surface area contributed by atoms with Gasteiger partial charge in [-0.3, -0.25) is 4.99 Å². The number of halogens is 3. The van der Waals surface area contributed by atoms with E-state index in [1.54, 1.807) is 12.1 Å². The van der Waals surface area contributed by atoms with Crippen molar-refractivity contribution in [1.82, 2.24) is 0 Å². The number of hydrogen-bond donors (Lipinski definition) is 1. The second-order valence-corrected chi connectivity index (χ2v) is 10.5. The van der Waals surface area contributed by atoms with E-state index in [-0.39, 0.29) is 11.9 Å². The highest BCUT2D eigenvalue weighted by atomic mass is 32.2. The van der Waals surface area contributed by atoms with Gasteiger partial charge in [0.15, 0.2) is 6.61 Å². The number of aliphatic imine (C=N–C) groups is 1. The molecule has 5 nitrogen and oxygen atoms in total. The van der Waals surface area contributed by atoms with Crippen LogP contribution in [0.2, 0.25) is 0 Å². The number of ether oxygens (including phenoxy) is 2. The molecule has 2 atom stereocenters. The summed E-state index contributed by atoms with van der Waals surface area (Å²) >= 11 is 1.50. The smallest absolute Gasteiger partial charge is 0.416 e. The van der Waals surface area contributed by atoms with Crippen molar-refractivity contribution in [3.8, 4) is 5.75 Å². The Hall–Kier alpha value is -2.52. The van der Waals surface area contributed by atoms with Gasteiger partial charge in [-0.25, -0.2) is 4.79 Å². The first kappa shape index (κ1) is 29.7. The predicted molar refractivity (Wildman–Crippen MR) is 138 cm³/mol. The third-order valence-corrected chi connectivity index (χ3v) is 6.60. The lowest BCUT2D eigenvalue weighted by Gasteiger charge is -2.18. The molecule has 1 unspecified atom stereocenters. The summed E-state index contributed by atoms with van der Waals surface area (Å²) in [5, 5.41) is 11.5. The van der Waals surface area contributed by atoms with Gasteiger partial charge in [-0.2, -0.15) is 13.2 Å². The van der Waals surface area contributed by atoms with Gasteiger partial charge in [0, 0.05) is 17.4 Å². The van der Waals surface area contributed by atoms with Gasteiger partial charge in [-0.15, -0.1) is 11.8 Å². The first-order valence-corrected chi connectivity index (χ1v) is 12.7. The van der Waals surface area contributed by atoms with Crippen LogP contribution in [0.4, 0.5) is 13.2 Å². The second kappa shape index (κ2) is 13.7. The average molecular weight is 526 g/mol. The summed E-state index contributed by atoms with van der Waals surface area (Å²) in [7, 11) is 1.29. The molecule has 0 aliphatic carbocycles. The molecule has 0 saturated heterocycles. The summed E-state index contributed by atoms with van der Waals surface area (Å²) in [5.74, 6) is 0.385. The molecule has 0 amide bonds. The maximum Gasteiger partial charge on any atom is 0.416 e. The Morgan fingerprint density at radius 3 is 2.31 bits per heavy atom. The lowest BCUT2D eigenvalue weighted by atomic mass is 10.0. The monoisotopic (exact) mass is 525 g/mol. The topological polar surface area (TPSA) is 68.1 Å². The van der Waals surface area contributed by atoms with Gasteiger partial charge in [0.1, 0.15) is 5.75 Å². The third kappa shape index (κ3) is 9.50. The van der Waals surface area contributed by atoms with Crippen molar-refractivity contribution in [3.05, 3.63) is 64.7 Å². The average Bonchev–Trinajstić information content (AvgIpc) is 2.83. The molecule has 9 heteroatoms. The zero-order valence-corrected chi connectivity index (χ0v) is 22.1. The molecule has 0 fully saturated rings. The van der Waals surface area contributed by atoms with Crippen LogP contribution in [0.1, 0.15) is 62.0 Å². The number of carbonyl (C=O) groups excluding carboxylic acids is 1. The molecule has 0 heterocycles. The molecule has 198 valence electrons. The largest absolute Gasteiger partial charge is 0.482 e. The van der Waals surface area contributed by atoms with E-state index in [4.69, 9.17) is 4.74 Å². The minimum absolute atomic E-state index is 0.0802. The number of hydrogen-bond acceptors (Lipinski definition) is 6. The van der Waals surface area contributed by atoms with Gasteiger partial charge in [-0.1, -0.05) is 39.0 Å². The Labute approximate surface area is 215 Å². The van der Waals surface area contributed by atoms with Crippen LogP contribution < -0.4 is 4.74 Å². The van der Waals surface area contributed by atoms with Crippen molar-refractivity contribution < 1.29 is 32.5 Å². The van der Waals surface area contributed by atoms with Crippen molar-refractivity contribution in [1.29, 1.82) is 0 Å². The van der Waals surface area contributed by atoms with Gasteiger partial charge >= 0.3 is 12.1 Å². The van der Waals surface area contributed by atoms with Crippen LogP contribution in [0.25, 0.3) is 0 Å². The Balaban J connectivity index is 2.01. The van der Waals surface area contributed by atoms with Crippen LogP contribution in [0.15, 0.2) is 47.5 Å². The number of carbonyl (C=O) groups is 1. The van der Waals surface area contributed by atoms with Crippen molar-refractivity contribution >= 4 is 22.8 Å². The SMILES string of the molecule is COC(=O)COc1ccc([C@H](O)CCC(C)S/C(=N\CC(C)C)c2ccc(C(F)(F)F)cc2)cc1C. The molecule has 0 aliphatic rings. The molecule has 0 radical (unpaired) electrons. The minimum atomic E-state index is -4.38. The Morgan fingerprint density at radius 1 is 1.08 bits per heavy atom. The standard InChI is InChI=1S/C27H34F3NO4S/c1-17(2)15-31-26(20-7-10-22(11-8-20)27(28,29)30)36-19(4)6-12-23(32)21-9-13-24(18(3)14-21)35-16-25(33)34-5/h7-11,13-14,17,19,23,32H,6,12,15-16H2,1-5H3/b31-26-/t19?,23-/m1/s1. The van der Waals surface area contributed by atoms with Crippen LogP contribution in [0, 0.1) is 12.8 Å². The van der Waals surface area contributed by atoms with Crippen LogP contribution in [-0.4, -0.2) is 41.6 Å². The number of nitrogens with zero attached hydrogens (tertiary/aromatic N) is 1. The highest BCUT2D eigenvalue weighted by Crippen LogP contribution is 2.32. The highest BCUT2D eigenvalue weighted by Gasteiger charge is 2.30. The summed E-state index contributed by atoms with van der Waals surface area (Å²) in [6.45, 7) is 8.30. The molecule has 0 aliphatic heterocycles. The fourth-order valence-corrected chi connectivity index (χ4v) is 4.37. The molecule has 0 aromatic heterocycles. The van der Waals surface area contributed by atoms with E-state index >= 15 is 0 Å². The lowest BCUT2D eigenvalue weighted by Crippen LogP contribution is -2.13. The van der Waals surface area contributed by atoms with E-state index in [1.165, 1.54) is 31.0 Å². The summed E-state index contributed by atoms with van der Waals surface area (Å²) in [5.41, 5.74) is 1.50. The summed E-state index contributed by atoms with van der Waals surface area (Å²) in [6, 6.07) is 10.4. The lowest BCUT2D eigenvalue weighted by molar-refractivity contribution is -0.143. The zero-order valence-electron chi connectivity index (χ0n) is 21.3. The molecule has 2 rings (SSSR count). The number of methoxy groups -OCH3 is 1. The van der Waals surface area contributed by atoms with Gasteiger partial charge in [0.2, 0.25) is 0 Å². The molecule has 1 N–H and O–H groups in total. The fraction of sp³-hybridized carbons (Fsp3) is 0.481.